The minimum atomic E-state index is -0.116. The van der Waals surface area contributed by atoms with Crippen LogP contribution in [-0.2, 0) is 12.0 Å². The zero-order valence-corrected chi connectivity index (χ0v) is 11.8. The van der Waals surface area contributed by atoms with Crippen LogP contribution in [0.3, 0.4) is 0 Å². The van der Waals surface area contributed by atoms with Crippen LogP contribution in [0.1, 0.15) is 26.6 Å². The number of nitrogens with zero attached hydrogens (tertiary/aromatic N) is 4. The highest BCUT2D eigenvalue weighted by atomic mass is 35.5. The molecule has 0 radical (unpaired) electrons. The first-order chi connectivity index (χ1) is 8.49. The molecule has 0 fully saturated rings. The van der Waals surface area contributed by atoms with E-state index >= 15 is 0 Å². The summed E-state index contributed by atoms with van der Waals surface area (Å²) >= 11 is 5.84. The second kappa shape index (κ2) is 4.72. The van der Waals surface area contributed by atoms with Gasteiger partial charge in [-0.25, -0.2) is 9.97 Å². The van der Waals surface area contributed by atoms with E-state index in [9.17, 15) is 0 Å². The predicted octanol–water partition coefficient (Wildman–Crippen LogP) is 2.37. The summed E-state index contributed by atoms with van der Waals surface area (Å²) in [6.07, 6.45) is 2.19. The molecule has 5 nitrogen and oxygen atoms in total. The van der Waals surface area contributed by atoms with E-state index in [2.05, 4.69) is 40.3 Å². The average Bonchev–Trinajstić information content (AvgIpc) is 2.66. The fourth-order valence-corrected chi connectivity index (χ4v) is 2.19. The van der Waals surface area contributed by atoms with E-state index in [1.807, 2.05) is 0 Å². The maximum absolute atomic E-state index is 5.84. The molecule has 0 spiro atoms. The van der Waals surface area contributed by atoms with E-state index in [-0.39, 0.29) is 5.54 Å². The fraction of sp³-hybridized carbons (Fsp3) is 0.583. The van der Waals surface area contributed by atoms with Crippen molar-refractivity contribution >= 4 is 22.8 Å². The van der Waals surface area contributed by atoms with Crippen LogP contribution in [-0.4, -0.2) is 32.5 Å². The first-order valence-corrected chi connectivity index (χ1v) is 6.35. The number of methoxy groups -OCH3 is 1. The minimum Gasteiger partial charge on any atom is -0.479 e. The lowest BCUT2D eigenvalue weighted by molar-refractivity contribution is 0.392. The van der Waals surface area contributed by atoms with Crippen LogP contribution in [0, 0.1) is 0 Å². The number of hydrogen-bond acceptors (Lipinski definition) is 4. The van der Waals surface area contributed by atoms with E-state index < -0.39 is 0 Å². The second-order valence-electron chi connectivity index (χ2n) is 5.03. The maximum atomic E-state index is 5.84. The van der Waals surface area contributed by atoms with E-state index in [0.29, 0.717) is 23.7 Å². The van der Waals surface area contributed by atoms with E-state index in [1.165, 1.54) is 6.33 Å². The molecule has 2 heterocycles. The van der Waals surface area contributed by atoms with Crippen LogP contribution in [0.25, 0.3) is 11.2 Å². The Kier molecular flexibility index (Phi) is 3.43. The Balaban J connectivity index is 2.75. The highest BCUT2D eigenvalue weighted by Crippen LogP contribution is 2.27. The molecule has 0 aliphatic carbocycles. The Hall–Kier alpha value is -1.36. The summed E-state index contributed by atoms with van der Waals surface area (Å²) < 4.78 is 7.32. The van der Waals surface area contributed by atoms with Gasteiger partial charge in [-0.1, -0.05) is 0 Å². The van der Waals surface area contributed by atoms with Crippen molar-refractivity contribution in [3.05, 3.63) is 12.2 Å². The number of hydrogen-bond donors (Lipinski definition) is 0. The summed E-state index contributed by atoms with van der Waals surface area (Å²) in [6.45, 7) is 6.33. The van der Waals surface area contributed by atoms with Crippen molar-refractivity contribution in [3.8, 4) is 5.88 Å². The molecule has 0 aliphatic rings. The number of aromatic nitrogens is 4. The Morgan fingerprint density at radius 2 is 2.06 bits per heavy atom. The van der Waals surface area contributed by atoms with Gasteiger partial charge in [0.05, 0.1) is 7.11 Å². The predicted molar refractivity (Wildman–Crippen MR) is 71.3 cm³/mol. The molecule has 2 rings (SSSR count). The molecule has 0 saturated carbocycles. The first kappa shape index (κ1) is 13.1. The highest BCUT2D eigenvalue weighted by Gasteiger charge is 2.24. The molecular weight excluding hydrogens is 252 g/mol. The fourth-order valence-electron chi connectivity index (χ4n) is 2.02. The molecule has 2 aromatic rings. The Morgan fingerprint density at radius 1 is 1.33 bits per heavy atom. The SMILES string of the molecule is COc1ncnc2c1nc(CCCl)n2C(C)(C)C. The van der Waals surface area contributed by atoms with Crippen LogP contribution in [0.5, 0.6) is 5.88 Å². The van der Waals surface area contributed by atoms with Gasteiger partial charge in [-0.05, 0) is 20.8 Å². The summed E-state index contributed by atoms with van der Waals surface area (Å²) in [5.41, 5.74) is 1.36. The number of halogens is 1. The average molecular weight is 269 g/mol. The number of ether oxygens (including phenoxy) is 1. The Labute approximate surface area is 111 Å². The molecule has 6 heteroatoms. The van der Waals surface area contributed by atoms with Gasteiger partial charge in [0, 0.05) is 17.8 Å². The van der Waals surface area contributed by atoms with Crippen LogP contribution in [0.4, 0.5) is 0 Å². The summed E-state index contributed by atoms with van der Waals surface area (Å²) in [7, 11) is 1.58. The molecule has 0 N–H and O–H groups in total. The van der Waals surface area contributed by atoms with Crippen molar-refractivity contribution in [3.63, 3.8) is 0 Å². The molecule has 0 bridgehead atoms. The normalized spacial score (nSPS) is 12.1. The molecule has 0 saturated heterocycles. The van der Waals surface area contributed by atoms with Gasteiger partial charge < -0.3 is 9.30 Å². The summed E-state index contributed by atoms with van der Waals surface area (Å²) in [5, 5.41) is 0. The number of imidazole rings is 1. The lowest BCUT2D eigenvalue weighted by Gasteiger charge is -2.23. The van der Waals surface area contributed by atoms with Gasteiger partial charge in [-0.3, -0.25) is 0 Å². The molecule has 0 unspecified atom stereocenters. The van der Waals surface area contributed by atoms with Crippen molar-refractivity contribution in [2.24, 2.45) is 0 Å². The summed E-state index contributed by atoms with van der Waals surface area (Å²) in [5.74, 6) is 1.93. The number of alkyl halides is 1. The first-order valence-electron chi connectivity index (χ1n) is 5.81. The standard InChI is InChI=1S/C12H17ClN4O/c1-12(2,3)17-8(5-6-13)16-9-10(17)14-7-15-11(9)18-4/h7H,5-6H2,1-4H3. The van der Waals surface area contributed by atoms with Gasteiger partial charge in [-0.15, -0.1) is 11.6 Å². The van der Waals surface area contributed by atoms with Gasteiger partial charge in [0.25, 0.3) is 0 Å². The van der Waals surface area contributed by atoms with Crippen LogP contribution >= 0.6 is 11.6 Å². The second-order valence-corrected chi connectivity index (χ2v) is 5.41. The molecule has 2 aromatic heterocycles. The highest BCUT2D eigenvalue weighted by molar-refractivity contribution is 6.17. The largest absolute Gasteiger partial charge is 0.479 e. The number of rotatable bonds is 3. The summed E-state index contributed by atoms with van der Waals surface area (Å²) in [4.78, 5) is 13.0. The van der Waals surface area contributed by atoms with Gasteiger partial charge >= 0.3 is 0 Å². The van der Waals surface area contributed by atoms with E-state index in [4.69, 9.17) is 16.3 Å². The van der Waals surface area contributed by atoms with Crippen LogP contribution < -0.4 is 4.74 Å². The van der Waals surface area contributed by atoms with Crippen molar-refractivity contribution < 1.29 is 4.74 Å². The lowest BCUT2D eigenvalue weighted by atomic mass is 10.1. The third-order valence-electron chi connectivity index (χ3n) is 2.66. The molecule has 98 valence electrons. The Morgan fingerprint density at radius 3 is 2.61 bits per heavy atom. The van der Waals surface area contributed by atoms with E-state index in [0.717, 1.165) is 11.5 Å². The molecule has 0 amide bonds. The molecule has 0 atom stereocenters. The third kappa shape index (κ3) is 2.14. The summed E-state index contributed by atoms with van der Waals surface area (Å²) in [6, 6.07) is 0. The maximum Gasteiger partial charge on any atom is 0.245 e. The topological polar surface area (TPSA) is 52.8 Å². The monoisotopic (exact) mass is 268 g/mol. The van der Waals surface area contributed by atoms with Crippen molar-refractivity contribution in [1.82, 2.24) is 19.5 Å². The van der Waals surface area contributed by atoms with Crippen molar-refractivity contribution in [2.45, 2.75) is 32.7 Å². The molecule has 18 heavy (non-hydrogen) atoms. The van der Waals surface area contributed by atoms with Crippen molar-refractivity contribution in [2.75, 3.05) is 13.0 Å². The smallest absolute Gasteiger partial charge is 0.245 e. The quantitative estimate of drug-likeness (QED) is 0.802. The zero-order valence-electron chi connectivity index (χ0n) is 11.1. The van der Waals surface area contributed by atoms with Crippen LogP contribution in [0.2, 0.25) is 0 Å². The third-order valence-corrected chi connectivity index (χ3v) is 2.85. The molecular formula is C12H17ClN4O. The Bertz CT molecular complexity index is 559. The molecule has 0 aliphatic heterocycles. The lowest BCUT2D eigenvalue weighted by Crippen LogP contribution is -2.24. The zero-order chi connectivity index (χ0) is 13.3. The minimum absolute atomic E-state index is 0.116. The van der Waals surface area contributed by atoms with Gasteiger partial charge in [0.1, 0.15) is 12.2 Å². The number of fused-ring (bicyclic) bond motifs is 1. The van der Waals surface area contributed by atoms with Gasteiger partial charge in [0.15, 0.2) is 11.2 Å². The number of aryl methyl sites for hydroxylation is 1. The van der Waals surface area contributed by atoms with Crippen LogP contribution in [0.15, 0.2) is 6.33 Å². The van der Waals surface area contributed by atoms with Crippen molar-refractivity contribution in [1.29, 1.82) is 0 Å². The molecule has 0 aromatic carbocycles. The van der Waals surface area contributed by atoms with Gasteiger partial charge in [0.2, 0.25) is 5.88 Å². The van der Waals surface area contributed by atoms with E-state index in [1.54, 1.807) is 7.11 Å². The van der Waals surface area contributed by atoms with Gasteiger partial charge in [-0.2, -0.15) is 4.98 Å².